The first-order valence-corrected chi connectivity index (χ1v) is 14.0. The Labute approximate surface area is 236 Å². The van der Waals surface area contributed by atoms with Crippen LogP contribution in [0.25, 0.3) is 0 Å². The molecule has 3 aliphatic rings. The second kappa shape index (κ2) is 11.7. The predicted octanol–water partition coefficient (Wildman–Crippen LogP) is 2.18. The number of aliphatic hydroxyl groups is 1. The summed E-state index contributed by atoms with van der Waals surface area (Å²) in [5, 5.41) is 15.8. The summed E-state index contributed by atoms with van der Waals surface area (Å²) in [4.78, 5) is 26.7. The van der Waals surface area contributed by atoms with Crippen molar-refractivity contribution in [1.29, 1.82) is 0 Å². The Morgan fingerprint density at radius 2 is 1.62 bits per heavy atom. The molecular formula is C28H43BN2O9. The third-order valence-corrected chi connectivity index (χ3v) is 8.38. The third kappa shape index (κ3) is 5.71. The summed E-state index contributed by atoms with van der Waals surface area (Å²) in [7, 11) is 2.46. The second-order valence-corrected chi connectivity index (χ2v) is 12.1. The van der Waals surface area contributed by atoms with Crippen molar-refractivity contribution in [3.63, 3.8) is 0 Å². The van der Waals surface area contributed by atoms with Gasteiger partial charge in [-0.1, -0.05) is 13.8 Å². The van der Waals surface area contributed by atoms with Crippen molar-refractivity contribution in [2.75, 3.05) is 27.6 Å². The molecule has 2 aliphatic heterocycles. The fourth-order valence-corrected chi connectivity index (χ4v) is 5.52. The normalized spacial score (nSPS) is 21.9. The molecule has 3 N–H and O–H groups in total. The van der Waals surface area contributed by atoms with Crippen LogP contribution in [0.2, 0.25) is 0 Å². The lowest BCUT2D eigenvalue weighted by atomic mass is 9.74. The number of ether oxygens (including phenoxy) is 4. The van der Waals surface area contributed by atoms with E-state index >= 15 is 0 Å². The summed E-state index contributed by atoms with van der Waals surface area (Å²) < 4.78 is 34.9. The van der Waals surface area contributed by atoms with Gasteiger partial charge in [-0.3, -0.25) is 9.59 Å². The van der Waals surface area contributed by atoms with Crippen LogP contribution in [-0.2, 0) is 31.7 Å². The van der Waals surface area contributed by atoms with E-state index in [4.69, 9.17) is 28.3 Å². The second-order valence-electron chi connectivity index (χ2n) is 12.1. The molecule has 1 aliphatic carbocycles. The molecule has 0 aromatic heterocycles. The number of aliphatic hydroxyl groups excluding tert-OH is 1. The highest BCUT2D eigenvalue weighted by atomic mass is 16.7. The molecular weight excluding hydrogens is 519 g/mol. The zero-order valence-electron chi connectivity index (χ0n) is 24.8. The van der Waals surface area contributed by atoms with Crippen LogP contribution in [0.1, 0.15) is 65.5 Å². The lowest BCUT2D eigenvalue weighted by Gasteiger charge is -2.32. The smallest absolute Gasteiger partial charge is 0.481 e. The van der Waals surface area contributed by atoms with E-state index in [-0.39, 0.29) is 18.6 Å². The predicted molar refractivity (Wildman–Crippen MR) is 148 cm³/mol. The van der Waals surface area contributed by atoms with E-state index < -0.39 is 48.7 Å². The number of rotatable bonds is 10. The van der Waals surface area contributed by atoms with E-state index in [1.807, 2.05) is 41.5 Å². The Balaban J connectivity index is 1.46. The molecule has 1 fully saturated rings. The zero-order chi connectivity index (χ0) is 29.4. The first kappa shape index (κ1) is 30.3. The fraction of sp³-hybridized carbons (Fsp3) is 0.714. The summed E-state index contributed by atoms with van der Waals surface area (Å²) in [6.45, 7) is 11.4. The van der Waals surface area contributed by atoms with Crippen LogP contribution in [0.4, 0.5) is 0 Å². The zero-order valence-corrected chi connectivity index (χ0v) is 24.8. The van der Waals surface area contributed by atoms with Gasteiger partial charge in [-0.2, -0.15) is 0 Å². The van der Waals surface area contributed by atoms with Crippen LogP contribution in [-0.4, -0.2) is 74.8 Å². The van der Waals surface area contributed by atoms with Crippen molar-refractivity contribution in [2.45, 2.75) is 90.4 Å². The van der Waals surface area contributed by atoms with Gasteiger partial charge in [0.05, 0.1) is 38.0 Å². The topological polar surface area (TPSA) is 134 Å². The number of carbonyl (C=O) groups is 2. The van der Waals surface area contributed by atoms with Crippen LogP contribution in [0.3, 0.4) is 0 Å². The van der Waals surface area contributed by atoms with Gasteiger partial charge in [0.1, 0.15) is 6.04 Å². The molecule has 12 heteroatoms. The van der Waals surface area contributed by atoms with Crippen molar-refractivity contribution >= 4 is 18.9 Å². The van der Waals surface area contributed by atoms with Crippen LogP contribution >= 0.6 is 0 Å². The summed E-state index contributed by atoms with van der Waals surface area (Å²) in [6, 6.07) is -1.12. The van der Waals surface area contributed by atoms with Crippen molar-refractivity contribution in [1.82, 2.24) is 10.6 Å². The maximum Gasteiger partial charge on any atom is 0.481 e. The molecule has 222 valence electrons. The number of hydrogen-bond acceptors (Lipinski definition) is 9. The van der Waals surface area contributed by atoms with E-state index in [9.17, 15) is 14.7 Å². The van der Waals surface area contributed by atoms with Crippen LogP contribution < -0.4 is 29.6 Å². The lowest BCUT2D eigenvalue weighted by Crippen LogP contribution is -2.56. The van der Waals surface area contributed by atoms with E-state index in [1.54, 1.807) is 14.2 Å². The molecule has 3 atom stereocenters. The molecule has 1 aromatic rings. The van der Waals surface area contributed by atoms with Gasteiger partial charge >= 0.3 is 7.12 Å². The van der Waals surface area contributed by atoms with Crippen molar-refractivity contribution in [3.8, 4) is 23.0 Å². The van der Waals surface area contributed by atoms with Crippen molar-refractivity contribution < 1.29 is 43.0 Å². The minimum Gasteiger partial charge on any atom is -0.492 e. The highest BCUT2D eigenvalue weighted by molar-refractivity contribution is 6.48. The Hall–Kier alpha value is -2.70. The summed E-state index contributed by atoms with van der Waals surface area (Å²) in [6.07, 6.45) is 2.06. The molecule has 0 radical (unpaired) electrons. The maximum atomic E-state index is 13.4. The SMILES string of the molecule is COc1c2c(c3c(c1OC)OCO3)CC(C(=O)N[C@@H](CO)C(=O)N[C@@H](CC(C)C)B1OC(C)(C)C(C)(C)O1)CC2. The molecule has 1 aromatic carbocycles. The third-order valence-electron chi connectivity index (χ3n) is 8.38. The largest absolute Gasteiger partial charge is 0.492 e. The highest BCUT2D eigenvalue weighted by Gasteiger charge is 2.54. The number of fused-ring (bicyclic) bond motifs is 3. The number of carbonyl (C=O) groups excluding carboxylic acids is 2. The van der Waals surface area contributed by atoms with Gasteiger partial charge < -0.3 is 44.0 Å². The molecule has 0 bridgehead atoms. The Morgan fingerprint density at radius 3 is 2.20 bits per heavy atom. The number of methoxy groups -OCH3 is 2. The standard InChI is InChI=1S/C28H43BN2O9/c1-15(2)11-20(29-39-27(3,4)28(5,6)40-29)31-26(34)19(13-32)30-25(33)16-9-10-17-18(12-16)22-24(38-14-37-22)23(36-8)21(17)35-7/h15-16,19-20,32H,9-14H2,1-8H3,(H,30,33)(H,31,34)/t16?,19-,20-/m0/s1. The van der Waals surface area contributed by atoms with Gasteiger partial charge in [-0.05, 0) is 59.3 Å². The van der Waals surface area contributed by atoms with Crippen LogP contribution in [0.5, 0.6) is 23.0 Å². The van der Waals surface area contributed by atoms with Gasteiger partial charge in [0, 0.05) is 17.0 Å². The maximum absolute atomic E-state index is 13.4. The van der Waals surface area contributed by atoms with Gasteiger partial charge in [0.2, 0.25) is 30.1 Å². The molecule has 40 heavy (non-hydrogen) atoms. The molecule has 0 saturated carbocycles. The van der Waals surface area contributed by atoms with Gasteiger partial charge in [-0.25, -0.2) is 0 Å². The van der Waals surface area contributed by atoms with Crippen molar-refractivity contribution in [2.24, 2.45) is 11.8 Å². The lowest BCUT2D eigenvalue weighted by molar-refractivity contribution is -0.132. The Morgan fingerprint density at radius 1 is 1.00 bits per heavy atom. The monoisotopic (exact) mass is 562 g/mol. The first-order chi connectivity index (χ1) is 18.8. The molecule has 11 nitrogen and oxygen atoms in total. The molecule has 1 saturated heterocycles. The Bertz CT molecular complexity index is 1110. The average molecular weight is 562 g/mol. The number of nitrogens with one attached hydrogen (secondary N) is 2. The van der Waals surface area contributed by atoms with Crippen molar-refractivity contribution in [3.05, 3.63) is 11.1 Å². The molecule has 1 unspecified atom stereocenters. The molecule has 2 amide bonds. The van der Waals surface area contributed by atoms with Gasteiger partial charge in [0.15, 0.2) is 11.5 Å². The minimum atomic E-state index is -1.12. The molecule has 2 heterocycles. The number of benzene rings is 1. The molecule has 4 rings (SSSR count). The van der Waals surface area contributed by atoms with Gasteiger partial charge in [0.25, 0.3) is 0 Å². The van der Waals surface area contributed by atoms with Crippen LogP contribution in [0, 0.1) is 11.8 Å². The fourth-order valence-electron chi connectivity index (χ4n) is 5.52. The summed E-state index contributed by atoms with van der Waals surface area (Å²) in [5.74, 6) is 0.621. The summed E-state index contributed by atoms with van der Waals surface area (Å²) >= 11 is 0. The Kier molecular flexibility index (Phi) is 8.82. The number of amides is 2. The molecule has 0 spiro atoms. The van der Waals surface area contributed by atoms with Crippen LogP contribution in [0.15, 0.2) is 0 Å². The van der Waals surface area contributed by atoms with E-state index in [2.05, 4.69) is 10.6 Å². The average Bonchev–Trinajstić information content (AvgIpc) is 3.46. The quantitative estimate of drug-likeness (QED) is 0.367. The van der Waals surface area contributed by atoms with Gasteiger partial charge in [-0.15, -0.1) is 0 Å². The van der Waals surface area contributed by atoms with E-state index in [0.29, 0.717) is 48.7 Å². The van der Waals surface area contributed by atoms with E-state index in [0.717, 1.165) is 11.1 Å². The first-order valence-electron chi connectivity index (χ1n) is 14.0. The number of hydrogen-bond donors (Lipinski definition) is 3. The minimum absolute atomic E-state index is 0.0508. The summed E-state index contributed by atoms with van der Waals surface area (Å²) in [5.41, 5.74) is 0.643. The highest BCUT2D eigenvalue weighted by Crippen LogP contribution is 2.54. The van der Waals surface area contributed by atoms with E-state index in [1.165, 1.54) is 0 Å².